The van der Waals surface area contributed by atoms with Crippen molar-refractivity contribution in [1.29, 1.82) is 0 Å². The van der Waals surface area contributed by atoms with Crippen molar-refractivity contribution in [2.24, 2.45) is 0 Å². The summed E-state index contributed by atoms with van der Waals surface area (Å²) in [5.74, 6) is -13.1. The fraction of sp³-hybridized carbons (Fsp3) is 0. The van der Waals surface area contributed by atoms with E-state index in [4.69, 9.17) is 121 Å². The maximum Gasteiger partial charge on any atom is 3.00 e. The number of nitrogens with zero attached hydrogens (tertiary/aromatic N) is 4. The second-order valence-corrected chi connectivity index (χ2v) is 2.63. The minimum atomic E-state index is -2.19. The molecule has 1 radical (unpaired) electrons. The predicted molar refractivity (Wildman–Crippen MR) is 69.9 cm³/mol. The third kappa shape index (κ3) is 411. The standard InChI is InChI=1S/3C2H2O4.2La.HNO3.3NO3.Ru/c3*3-1(4)2(5)6;;;4*2-1(3)4;/h3*(H,3,4)(H,5,6);;;(H,2,3,4);;;;/q;;;2*+3;;3*-1;+3/p-6. The van der Waals surface area contributed by atoms with E-state index < -0.39 is 56.2 Å². The second kappa shape index (κ2) is 46.0. The Morgan fingerprint density at radius 1 is 0.405 bits per heavy atom. The molecule has 0 aliphatic carbocycles. The van der Waals surface area contributed by atoms with Gasteiger partial charge in [-0.15, -0.1) is 10.1 Å². The van der Waals surface area contributed by atoms with Gasteiger partial charge in [0.15, 0.2) is 0 Å². The van der Waals surface area contributed by atoms with Gasteiger partial charge in [-0.1, -0.05) is 0 Å². The van der Waals surface area contributed by atoms with E-state index in [1.54, 1.807) is 0 Å². The summed E-state index contributed by atoms with van der Waals surface area (Å²) < 4.78 is 0. The van der Waals surface area contributed by atoms with Crippen LogP contribution in [-0.4, -0.2) is 61.4 Å². The number of carbonyl (C=O) groups is 6. The largest absolute Gasteiger partial charge is 3.00 e. The molecule has 203 valence electrons. The minimum absolute atomic E-state index is 0. The van der Waals surface area contributed by atoms with Crippen LogP contribution in [0.4, 0.5) is 0 Å². The van der Waals surface area contributed by atoms with E-state index in [2.05, 4.69) is 0 Å². The van der Waals surface area contributed by atoms with Gasteiger partial charge in [0, 0.05) is 0 Å². The Labute approximate surface area is 265 Å². The van der Waals surface area contributed by atoms with Crippen LogP contribution in [0.1, 0.15) is 0 Å². The van der Waals surface area contributed by atoms with Crippen LogP contribution >= 0.6 is 0 Å². The third-order valence-corrected chi connectivity index (χ3v) is 0.500. The van der Waals surface area contributed by atoms with Gasteiger partial charge in [0.05, 0.1) is 51.1 Å². The molecule has 31 heteroatoms. The molecule has 0 aromatic heterocycles. The van der Waals surface area contributed by atoms with Crippen molar-refractivity contribution in [3.05, 3.63) is 56.1 Å². The van der Waals surface area contributed by atoms with Gasteiger partial charge in [-0.25, -0.2) is 0 Å². The first-order valence-electron chi connectivity index (χ1n) is 5.41. The number of aliphatic carboxylic acids is 6. The van der Waals surface area contributed by atoms with Crippen molar-refractivity contribution in [2.75, 3.05) is 0 Å². The zero-order valence-electron chi connectivity index (χ0n) is 16.1. The van der Waals surface area contributed by atoms with Crippen LogP contribution in [0.15, 0.2) is 0 Å². The van der Waals surface area contributed by atoms with E-state index in [-0.39, 0.29) is 90.7 Å². The molecule has 0 atom stereocenters. The molecule has 0 heterocycles. The predicted octanol–water partition coefficient (Wildman–Crippen LogP) is -11.6. The Kier molecular flexibility index (Phi) is 79.8. The minimum Gasteiger partial charge on any atom is -0.543 e. The quantitative estimate of drug-likeness (QED) is 0.102. The van der Waals surface area contributed by atoms with Crippen LogP contribution in [0, 0.1) is 127 Å². The Morgan fingerprint density at radius 2 is 0.432 bits per heavy atom. The molecule has 0 fully saturated rings. The topological polar surface area (TPSA) is 503 Å². The van der Waals surface area contributed by atoms with Gasteiger partial charge in [0.1, 0.15) is 0 Å². The molecule has 0 aliphatic rings. The van der Waals surface area contributed by atoms with Gasteiger partial charge in [0.25, 0.3) is 5.09 Å². The first-order chi connectivity index (χ1) is 14.9. The second-order valence-electron chi connectivity index (χ2n) is 2.63. The van der Waals surface area contributed by atoms with Gasteiger partial charge < -0.3 is 111 Å². The van der Waals surface area contributed by atoms with Crippen LogP contribution in [0.3, 0.4) is 0 Å². The molecule has 1 N–H and O–H groups in total. The number of carboxylic acid groups (broad SMARTS) is 6. The maximum atomic E-state index is 8.93. The molecule has 28 nitrogen and oxygen atoms in total. The Bertz CT molecular complexity index is 569. The molecule has 0 bridgehead atoms. The summed E-state index contributed by atoms with van der Waals surface area (Å²) in [6.07, 6.45) is 0. The molecule has 0 aromatic carbocycles. The van der Waals surface area contributed by atoms with Crippen LogP contribution in [0.5, 0.6) is 0 Å². The molecule has 0 unspecified atom stereocenters. The van der Waals surface area contributed by atoms with Crippen LogP contribution in [-0.2, 0) is 48.2 Å². The third-order valence-electron chi connectivity index (χ3n) is 0.500. The summed E-state index contributed by atoms with van der Waals surface area (Å²) in [7, 11) is 0. The van der Waals surface area contributed by atoms with E-state index in [0.29, 0.717) is 0 Å². The molecule has 0 saturated carbocycles. The number of carbonyl (C=O) groups excluding carboxylic acids is 6. The van der Waals surface area contributed by atoms with Crippen molar-refractivity contribution in [3.63, 3.8) is 0 Å². The molecule has 0 aromatic rings. The normalized spacial score (nSPS) is 6.16. The Morgan fingerprint density at radius 3 is 0.432 bits per heavy atom. The van der Waals surface area contributed by atoms with Crippen molar-refractivity contribution in [2.45, 2.75) is 0 Å². The summed E-state index contributed by atoms with van der Waals surface area (Å²) in [4.78, 5) is 86.7. The molecule has 0 saturated heterocycles. The smallest absolute Gasteiger partial charge is 0.543 e. The summed E-state index contributed by atoms with van der Waals surface area (Å²) in [5.41, 5.74) is 0. The fourth-order valence-corrected chi connectivity index (χ4v) is 0. The number of hydrogen-bond acceptors (Lipinski definition) is 23. The SMILES string of the molecule is O=C([O-])C(=O)[O-].O=C([O-])C(=O)[O-].O=C([O-])C(=O)[O-].O=[N+]([O-])O.O=[N+]([O-])[O-].O=[N+]([O-])[O-].O=[N+]([O-])[O-].[La+3].[La+3].[Ru+3]. The molecule has 0 amide bonds. The van der Waals surface area contributed by atoms with E-state index in [0.717, 1.165) is 0 Å². The molecule has 0 spiro atoms. The van der Waals surface area contributed by atoms with Crippen molar-refractivity contribution < 1.29 is 176 Å². The zero-order chi connectivity index (χ0) is 29.8. The average Bonchev–Trinajstić information content (AvgIpc) is 2.53. The van der Waals surface area contributed by atoms with Gasteiger partial charge in [-0.05, 0) is 0 Å². The average molecular weight is 892 g/mol. The Hall–Kier alpha value is -3.37. The first kappa shape index (κ1) is 64.1. The van der Waals surface area contributed by atoms with Crippen molar-refractivity contribution in [1.82, 2.24) is 0 Å². The van der Waals surface area contributed by atoms with Gasteiger partial charge in [-0.2, -0.15) is 0 Å². The molecular weight excluding hydrogens is 891 g/mol. The molecule has 0 rings (SSSR count). The van der Waals surface area contributed by atoms with E-state index in [9.17, 15) is 0 Å². The first-order valence-corrected chi connectivity index (χ1v) is 5.41. The van der Waals surface area contributed by atoms with E-state index >= 15 is 0 Å². The van der Waals surface area contributed by atoms with Gasteiger partial charge >= 0.3 is 90.7 Å². The number of rotatable bonds is 0. The van der Waals surface area contributed by atoms with Gasteiger partial charge in [-0.3, -0.25) is 0 Å². The summed E-state index contributed by atoms with van der Waals surface area (Å²) >= 11 is 0. The summed E-state index contributed by atoms with van der Waals surface area (Å²) in [6.45, 7) is 0. The van der Waals surface area contributed by atoms with Crippen molar-refractivity contribution >= 4 is 35.8 Å². The maximum absolute atomic E-state index is 8.93. The summed E-state index contributed by atoms with van der Waals surface area (Å²) in [5, 5.41) is 111. The van der Waals surface area contributed by atoms with Crippen LogP contribution < -0.4 is 30.6 Å². The number of hydrogen-bond donors (Lipinski definition) is 1. The van der Waals surface area contributed by atoms with E-state index in [1.807, 2.05) is 0 Å². The number of carboxylic acids is 6. The molecule has 37 heavy (non-hydrogen) atoms. The van der Waals surface area contributed by atoms with Crippen molar-refractivity contribution in [3.8, 4) is 0 Å². The van der Waals surface area contributed by atoms with Gasteiger partial charge in [0.2, 0.25) is 0 Å². The monoisotopic (exact) mass is 893 g/mol. The fourth-order valence-electron chi connectivity index (χ4n) is 0. The molecule has 0 aliphatic heterocycles. The van der Waals surface area contributed by atoms with Crippen LogP contribution in [0.25, 0.3) is 0 Å². The van der Waals surface area contributed by atoms with Crippen LogP contribution in [0.2, 0.25) is 0 Å². The Balaban J connectivity index is -0.0000000286. The summed E-state index contributed by atoms with van der Waals surface area (Å²) in [6, 6.07) is 0. The van der Waals surface area contributed by atoms with E-state index in [1.165, 1.54) is 0 Å². The molecular formula is C6HLa2N4O24Ru. The zero-order valence-corrected chi connectivity index (χ0v) is 25.1.